The molecule has 1 atom stereocenters. The molecule has 0 unspecified atom stereocenters. The largest absolute Gasteiger partial charge is 0.466 e. The standard InChI is InChI=1S/C8H13FO4/c1-8(2,3)13-7(11)5(9)6(10)12-4/h5H,1-4H3/t5-/m0/s1. The fraction of sp³-hybridized carbons (Fsp3) is 0.750. The van der Waals surface area contributed by atoms with Crippen molar-refractivity contribution in [3.63, 3.8) is 0 Å². The van der Waals surface area contributed by atoms with Crippen molar-refractivity contribution >= 4 is 11.9 Å². The van der Waals surface area contributed by atoms with Gasteiger partial charge in [-0.3, -0.25) is 0 Å². The van der Waals surface area contributed by atoms with Crippen LogP contribution in [0.2, 0.25) is 0 Å². The molecule has 0 aliphatic rings. The predicted octanol–water partition coefficient (Wildman–Crippen LogP) is 0.839. The third kappa shape index (κ3) is 4.45. The number of rotatable bonds is 2. The number of carbonyl (C=O) groups is 2. The summed E-state index contributed by atoms with van der Waals surface area (Å²) in [5.74, 6) is -2.46. The second kappa shape index (κ2) is 4.20. The van der Waals surface area contributed by atoms with Crippen molar-refractivity contribution in [2.45, 2.75) is 32.5 Å². The Bertz CT molecular complexity index is 207. The van der Waals surface area contributed by atoms with Crippen molar-refractivity contribution in [2.24, 2.45) is 0 Å². The van der Waals surface area contributed by atoms with Crippen LogP contribution < -0.4 is 0 Å². The van der Waals surface area contributed by atoms with Crippen molar-refractivity contribution in [3.05, 3.63) is 0 Å². The van der Waals surface area contributed by atoms with Gasteiger partial charge in [0.15, 0.2) is 0 Å². The average Bonchev–Trinajstić information content (AvgIpc) is 1.98. The third-order valence-electron chi connectivity index (χ3n) is 1.02. The molecule has 0 N–H and O–H groups in total. The molecule has 0 fully saturated rings. The number of alkyl halides is 1. The summed E-state index contributed by atoms with van der Waals surface area (Å²) in [6.45, 7) is 4.73. The second-order valence-corrected chi connectivity index (χ2v) is 3.42. The van der Waals surface area contributed by atoms with Crippen LogP contribution in [0, 0.1) is 0 Å². The monoisotopic (exact) mass is 192 g/mol. The maximum Gasteiger partial charge on any atom is 0.353 e. The molecule has 0 aromatic rings. The van der Waals surface area contributed by atoms with Gasteiger partial charge in [-0.25, -0.2) is 14.0 Å². The molecule has 0 aromatic carbocycles. The van der Waals surface area contributed by atoms with E-state index in [1.807, 2.05) is 0 Å². The van der Waals surface area contributed by atoms with Crippen LogP contribution in [0.15, 0.2) is 0 Å². The first-order chi connectivity index (χ1) is 5.78. The molecule has 5 heteroatoms. The Labute approximate surface area is 76.0 Å². The molecule has 0 saturated heterocycles. The fourth-order valence-corrected chi connectivity index (χ4v) is 0.553. The fourth-order valence-electron chi connectivity index (χ4n) is 0.553. The quantitative estimate of drug-likeness (QED) is 0.480. The van der Waals surface area contributed by atoms with E-state index in [1.54, 1.807) is 20.8 Å². The van der Waals surface area contributed by atoms with E-state index in [2.05, 4.69) is 9.47 Å². The van der Waals surface area contributed by atoms with E-state index in [4.69, 9.17) is 0 Å². The Kier molecular flexibility index (Phi) is 3.84. The zero-order valence-electron chi connectivity index (χ0n) is 8.09. The van der Waals surface area contributed by atoms with Gasteiger partial charge >= 0.3 is 11.9 Å². The normalized spacial score (nSPS) is 13.3. The molecule has 0 spiro atoms. The second-order valence-electron chi connectivity index (χ2n) is 3.42. The summed E-state index contributed by atoms with van der Waals surface area (Å²) in [7, 11) is 0.999. The maximum atomic E-state index is 12.8. The minimum atomic E-state index is -2.36. The lowest BCUT2D eigenvalue weighted by molar-refractivity contribution is -0.169. The highest BCUT2D eigenvalue weighted by atomic mass is 19.1. The van der Waals surface area contributed by atoms with Crippen molar-refractivity contribution in [2.75, 3.05) is 7.11 Å². The van der Waals surface area contributed by atoms with Gasteiger partial charge in [-0.1, -0.05) is 0 Å². The molecule has 0 amide bonds. The van der Waals surface area contributed by atoms with Crippen LogP contribution in [-0.4, -0.2) is 30.8 Å². The molecule has 76 valence electrons. The highest BCUT2D eigenvalue weighted by Crippen LogP contribution is 2.10. The molecule has 0 heterocycles. The molecule has 0 aromatic heterocycles. The summed E-state index contributed by atoms with van der Waals surface area (Å²) < 4.78 is 21.4. The van der Waals surface area contributed by atoms with E-state index < -0.39 is 23.7 Å². The van der Waals surface area contributed by atoms with Crippen LogP contribution >= 0.6 is 0 Å². The van der Waals surface area contributed by atoms with E-state index in [9.17, 15) is 14.0 Å². The summed E-state index contributed by atoms with van der Waals surface area (Å²) in [5, 5.41) is 0. The van der Waals surface area contributed by atoms with Crippen molar-refractivity contribution in [3.8, 4) is 0 Å². The molecule has 13 heavy (non-hydrogen) atoms. The maximum absolute atomic E-state index is 12.8. The van der Waals surface area contributed by atoms with E-state index in [-0.39, 0.29) is 0 Å². The minimum absolute atomic E-state index is 0.810. The van der Waals surface area contributed by atoms with Gasteiger partial charge < -0.3 is 9.47 Å². The number of hydrogen-bond acceptors (Lipinski definition) is 4. The molecule has 0 radical (unpaired) electrons. The van der Waals surface area contributed by atoms with E-state index >= 15 is 0 Å². The summed E-state index contributed by atoms with van der Waals surface area (Å²) in [5.41, 5.74) is -0.810. The van der Waals surface area contributed by atoms with Gasteiger partial charge in [0.25, 0.3) is 6.17 Å². The first-order valence-electron chi connectivity index (χ1n) is 3.72. The van der Waals surface area contributed by atoms with Crippen molar-refractivity contribution in [1.82, 2.24) is 0 Å². The van der Waals surface area contributed by atoms with Gasteiger partial charge in [-0.2, -0.15) is 0 Å². The van der Waals surface area contributed by atoms with Crippen LogP contribution in [0.4, 0.5) is 4.39 Å². The summed E-state index contributed by atoms with van der Waals surface area (Å²) in [6.07, 6.45) is -2.36. The Balaban J connectivity index is 4.20. The van der Waals surface area contributed by atoms with Gasteiger partial charge in [0.1, 0.15) is 5.60 Å². The average molecular weight is 192 g/mol. The van der Waals surface area contributed by atoms with Gasteiger partial charge in [-0.05, 0) is 20.8 Å². The topological polar surface area (TPSA) is 52.6 Å². The molecule has 4 nitrogen and oxygen atoms in total. The van der Waals surface area contributed by atoms with Gasteiger partial charge in [0.2, 0.25) is 0 Å². The molecule has 0 rings (SSSR count). The van der Waals surface area contributed by atoms with Gasteiger partial charge in [0.05, 0.1) is 7.11 Å². The number of esters is 2. The summed E-state index contributed by atoms with van der Waals surface area (Å²) in [4.78, 5) is 21.4. The lowest BCUT2D eigenvalue weighted by atomic mass is 10.2. The van der Waals surface area contributed by atoms with E-state index in [0.717, 1.165) is 7.11 Å². The SMILES string of the molecule is COC(=O)[C@H](F)C(=O)OC(C)(C)C. The van der Waals surface area contributed by atoms with Crippen LogP contribution in [0.1, 0.15) is 20.8 Å². The highest BCUT2D eigenvalue weighted by molar-refractivity contribution is 5.97. The zero-order valence-corrected chi connectivity index (χ0v) is 8.09. The van der Waals surface area contributed by atoms with Gasteiger partial charge in [-0.15, -0.1) is 0 Å². The minimum Gasteiger partial charge on any atom is -0.466 e. The van der Waals surface area contributed by atoms with Crippen molar-refractivity contribution in [1.29, 1.82) is 0 Å². The van der Waals surface area contributed by atoms with E-state index in [1.165, 1.54) is 0 Å². The van der Waals surface area contributed by atoms with Crippen molar-refractivity contribution < 1.29 is 23.5 Å². The first kappa shape index (κ1) is 11.9. The number of carbonyl (C=O) groups excluding carboxylic acids is 2. The number of halogens is 1. The summed E-state index contributed by atoms with van der Waals surface area (Å²) >= 11 is 0. The molecule has 0 bridgehead atoms. The Morgan fingerprint density at radius 2 is 1.69 bits per heavy atom. The number of ether oxygens (including phenoxy) is 2. The lowest BCUT2D eigenvalue weighted by Gasteiger charge is -2.19. The first-order valence-corrected chi connectivity index (χ1v) is 3.72. The van der Waals surface area contributed by atoms with E-state index in [0.29, 0.717) is 0 Å². The molecule has 0 aliphatic carbocycles. The Hall–Kier alpha value is -1.13. The van der Waals surface area contributed by atoms with Gasteiger partial charge in [0, 0.05) is 0 Å². The van der Waals surface area contributed by atoms with Crippen LogP contribution in [0.5, 0.6) is 0 Å². The molecular formula is C8H13FO4. The molecule has 0 aliphatic heterocycles. The highest BCUT2D eigenvalue weighted by Gasteiger charge is 2.31. The van der Waals surface area contributed by atoms with Crippen LogP contribution in [0.25, 0.3) is 0 Å². The van der Waals surface area contributed by atoms with Crippen LogP contribution in [-0.2, 0) is 19.1 Å². The summed E-state index contributed by atoms with van der Waals surface area (Å²) in [6, 6.07) is 0. The molecular weight excluding hydrogens is 179 g/mol. The Morgan fingerprint density at radius 1 is 1.23 bits per heavy atom. The Morgan fingerprint density at radius 3 is 2.00 bits per heavy atom. The van der Waals surface area contributed by atoms with Crippen LogP contribution in [0.3, 0.4) is 0 Å². The predicted molar refractivity (Wildman–Crippen MR) is 42.8 cm³/mol. The third-order valence-corrected chi connectivity index (χ3v) is 1.02. The number of methoxy groups -OCH3 is 1. The zero-order chi connectivity index (χ0) is 10.6. The smallest absolute Gasteiger partial charge is 0.353 e. The lowest BCUT2D eigenvalue weighted by Crippen LogP contribution is -2.34. The molecule has 0 saturated carbocycles. The number of hydrogen-bond donors (Lipinski definition) is 0.